The molecule has 1 aliphatic carbocycles. The minimum atomic E-state index is -4.84. The molecule has 0 unspecified atom stereocenters. The minimum absolute atomic E-state index is 0. The Balaban J connectivity index is 0.00000200. The fourth-order valence-electron chi connectivity index (χ4n) is 1.98. The van der Waals surface area contributed by atoms with Crippen LogP contribution in [0.2, 0.25) is 0 Å². The predicted octanol–water partition coefficient (Wildman–Crippen LogP) is 4.56. The molecular weight excluding hydrogens is 308 g/mol. The highest BCUT2D eigenvalue weighted by Gasteiger charge is 2.41. The molecule has 2 N–H and O–H groups in total. The van der Waals surface area contributed by atoms with Crippen LogP contribution >= 0.6 is 12.4 Å². The number of hydrogen-bond donors (Lipinski definition) is 1. The third-order valence-corrected chi connectivity index (χ3v) is 3.18. The Bertz CT molecular complexity index is 478. The van der Waals surface area contributed by atoms with E-state index in [1.54, 1.807) is 0 Å². The maximum atomic E-state index is 12.8. The Morgan fingerprint density at radius 2 is 1.55 bits per heavy atom. The topological polar surface area (TPSA) is 26.0 Å². The van der Waals surface area contributed by atoms with Crippen LogP contribution in [0.3, 0.4) is 0 Å². The van der Waals surface area contributed by atoms with Crippen LogP contribution in [-0.2, 0) is 12.4 Å². The summed E-state index contributed by atoms with van der Waals surface area (Å²) in [5.74, 6) is -0.0714. The third kappa shape index (κ3) is 3.58. The summed E-state index contributed by atoms with van der Waals surface area (Å²) in [6.07, 6.45) is -8.23. The van der Waals surface area contributed by atoms with Crippen LogP contribution < -0.4 is 5.73 Å². The summed E-state index contributed by atoms with van der Waals surface area (Å²) in [7, 11) is 0. The highest BCUT2D eigenvalue weighted by Crippen LogP contribution is 2.45. The molecule has 1 aromatic carbocycles. The first-order valence-corrected chi connectivity index (χ1v) is 5.64. The van der Waals surface area contributed by atoms with Gasteiger partial charge in [-0.05, 0) is 36.5 Å². The van der Waals surface area contributed by atoms with E-state index in [4.69, 9.17) is 5.73 Å². The van der Waals surface area contributed by atoms with E-state index >= 15 is 0 Å². The van der Waals surface area contributed by atoms with Crippen LogP contribution in [0.15, 0.2) is 18.2 Å². The van der Waals surface area contributed by atoms with Crippen molar-refractivity contribution in [3.63, 3.8) is 0 Å². The van der Waals surface area contributed by atoms with Crippen LogP contribution in [0, 0.1) is 5.92 Å². The van der Waals surface area contributed by atoms with Gasteiger partial charge in [0.2, 0.25) is 0 Å². The number of hydrogen-bond acceptors (Lipinski definition) is 1. The zero-order valence-corrected chi connectivity index (χ0v) is 10.9. The molecule has 2 rings (SSSR count). The molecule has 1 saturated carbocycles. The lowest BCUT2D eigenvalue weighted by Gasteiger charge is -2.19. The molecular formula is C12H12ClF6N. The van der Waals surface area contributed by atoms with Gasteiger partial charge in [-0.2, -0.15) is 26.3 Å². The van der Waals surface area contributed by atoms with Gasteiger partial charge in [-0.3, -0.25) is 0 Å². The molecule has 0 heterocycles. The van der Waals surface area contributed by atoms with Crippen molar-refractivity contribution in [2.75, 3.05) is 0 Å². The molecule has 0 saturated heterocycles. The zero-order chi connectivity index (χ0) is 14.4. The number of alkyl halides is 6. The monoisotopic (exact) mass is 319 g/mol. The van der Waals surface area contributed by atoms with Gasteiger partial charge in [0.15, 0.2) is 0 Å². The van der Waals surface area contributed by atoms with E-state index in [1.807, 2.05) is 0 Å². The van der Waals surface area contributed by atoms with Gasteiger partial charge in [-0.15, -0.1) is 12.4 Å². The second-order valence-corrected chi connectivity index (χ2v) is 4.66. The highest BCUT2D eigenvalue weighted by atomic mass is 35.5. The van der Waals surface area contributed by atoms with E-state index in [0.29, 0.717) is 18.9 Å². The first-order valence-electron chi connectivity index (χ1n) is 5.64. The quantitative estimate of drug-likeness (QED) is 0.795. The Hall–Kier alpha value is -0.950. The van der Waals surface area contributed by atoms with Crippen molar-refractivity contribution < 1.29 is 26.3 Å². The summed E-state index contributed by atoms with van der Waals surface area (Å²) in [4.78, 5) is 0. The molecule has 8 heteroatoms. The Labute approximate surface area is 117 Å². The molecule has 0 radical (unpaired) electrons. The molecule has 1 nitrogen and oxygen atoms in total. The summed E-state index contributed by atoms with van der Waals surface area (Å²) in [6, 6.07) is 0.762. The molecule has 0 amide bonds. The summed E-state index contributed by atoms with van der Waals surface area (Å²) >= 11 is 0. The molecule has 1 aromatic rings. The van der Waals surface area contributed by atoms with E-state index in [-0.39, 0.29) is 30.0 Å². The average molecular weight is 320 g/mol. The summed E-state index contributed by atoms with van der Waals surface area (Å²) < 4.78 is 75.9. The van der Waals surface area contributed by atoms with Crippen molar-refractivity contribution in [2.24, 2.45) is 11.7 Å². The van der Waals surface area contributed by atoms with Crippen molar-refractivity contribution in [3.05, 3.63) is 34.9 Å². The lowest BCUT2D eigenvalue weighted by Crippen LogP contribution is -2.20. The Morgan fingerprint density at radius 3 is 1.95 bits per heavy atom. The van der Waals surface area contributed by atoms with Crippen LogP contribution in [0.5, 0.6) is 0 Å². The van der Waals surface area contributed by atoms with Crippen LogP contribution in [-0.4, -0.2) is 0 Å². The van der Waals surface area contributed by atoms with Gasteiger partial charge in [0.05, 0.1) is 11.1 Å². The molecule has 20 heavy (non-hydrogen) atoms. The molecule has 0 aliphatic heterocycles. The lowest BCUT2D eigenvalue weighted by atomic mass is 9.95. The fraction of sp³-hybridized carbons (Fsp3) is 0.500. The van der Waals surface area contributed by atoms with Crippen molar-refractivity contribution in [1.82, 2.24) is 0 Å². The molecule has 1 fully saturated rings. The highest BCUT2D eigenvalue weighted by molar-refractivity contribution is 5.85. The van der Waals surface area contributed by atoms with Gasteiger partial charge in [0.25, 0.3) is 0 Å². The Morgan fingerprint density at radius 1 is 1.00 bits per heavy atom. The summed E-state index contributed by atoms with van der Waals surface area (Å²) in [5, 5.41) is 0. The van der Waals surface area contributed by atoms with Crippen LogP contribution in [0.1, 0.15) is 35.6 Å². The first kappa shape index (κ1) is 17.1. The van der Waals surface area contributed by atoms with E-state index in [2.05, 4.69) is 0 Å². The van der Waals surface area contributed by atoms with Crippen LogP contribution in [0.4, 0.5) is 26.3 Å². The smallest absolute Gasteiger partial charge is 0.324 e. The van der Waals surface area contributed by atoms with Crippen molar-refractivity contribution >= 4 is 12.4 Å². The SMILES string of the molecule is Cl.N[C@H](c1ccc(C(F)(F)F)cc1C(F)(F)F)C1CC1. The summed E-state index contributed by atoms with van der Waals surface area (Å²) in [5.41, 5.74) is 2.81. The minimum Gasteiger partial charge on any atom is -0.324 e. The van der Waals surface area contributed by atoms with Gasteiger partial charge in [0, 0.05) is 6.04 Å². The van der Waals surface area contributed by atoms with Gasteiger partial charge < -0.3 is 5.73 Å². The first-order chi connectivity index (χ1) is 8.60. The number of halogens is 7. The van der Waals surface area contributed by atoms with Gasteiger partial charge in [-0.1, -0.05) is 6.07 Å². The lowest BCUT2D eigenvalue weighted by molar-refractivity contribution is -0.143. The fourth-order valence-corrected chi connectivity index (χ4v) is 1.98. The molecule has 1 atom stereocenters. The normalized spacial score (nSPS) is 17.6. The second-order valence-electron chi connectivity index (χ2n) is 4.66. The van der Waals surface area contributed by atoms with Crippen molar-refractivity contribution in [3.8, 4) is 0 Å². The third-order valence-electron chi connectivity index (χ3n) is 3.18. The standard InChI is InChI=1S/C12H11F6N.ClH/c13-11(14,15)7-3-4-8(10(19)6-1-2-6)9(5-7)12(16,17)18;/h3-6,10H,1-2,19H2;1H/t10-;/m0./s1. The van der Waals surface area contributed by atoms with Gasteiger partial charge in [-0.25, -0.2) is 0 Å². The maximum absolute atomic E-state index is 12.8. The number of nitrogens with two attached hydrogens (primary N) is 1. The van der Waals surface area contributed by atoms with Crippen molar-refractivity contribution in [1.29, 1.82) is 0 Å². The van der Waals surface area contributed by atoms with Gasteiger partial charge >= 0.3 is 12.4 Å². The van der Waals surface area contributed by atoms with E-state index < -0.39 is 29.5 Å². The molecule has 0 bridgehead atoms. The molecule has 0 spiro atoms. The van der Waals surface area contributed by atoms with Crippen molar-refractivity contribution in [2.45, 2.75) is 31.2 Å². The van der Waals surface area contributed by atoms with Gasteiger partial charge in [0.1, 0.15) is 0 Å². The maximum Gasteiger partial charge on any atom is 0.416 e. The predicted molar refractivity (Wildman–Crippen MR) is 63.3 cm³/mol. The summed E-state index contributed by atoms with van der Waals surface area (Å²) in [6.45, 7) is 0. The second kappa shape index (κ2) is 5.44. The largest absolute Gasteiger partial charge is 0.416 e. The van der Waals surface area contributed by atoms with E-state index in [9.17, 15) is 26.3 Å². The van der Waals surface area contributed by atoms with Crippen LogP contribution in [0.25, 0.3) is 0 Å². The average Bonchev–Trinajstić information content (AvgIpc) is 3.08. The Kier molecular flexibility index (Phi) is 4.65. The number of rotatable bonds is 2. The molecule has 1 aliphatic rings. The van der Waals surface area contributed by atoms with E-state index in [0.717, 1.165) is 6.07 Å². The molecule has 0 aromatic heterocycles. The zero-order valence-electron chi connectivity index (χ0n) is 10.1. The molecule has 114 valence electrons. The number of benzene rings is 1. The van der Waals surface area contributed by atoms with E-state index in [1.165, 1.54) is 0 Å².